The van der Waals surface area contributed by atoms with Gasteiger partial charge in [0.1, 0.15) is 6.04 Å². The summed E-state index contributed by atoms with van der Waals surface area (Å²) >= 11 is 3.53. The predicted octanol–water partition coefficient (Wildman–Crippen LogP) is 5.94. The molecule has 0 saturated carbocycles. The number of hydrogen-bond acceptors (Lipinski definition) is 2. The minimum absolute atomic E-state index is 0.0181. The molecule has 0 heterocycles. The zero-order valence-corrected chi connectivity index (χ0v) is 21.3. The number of hydrogen-bond donors (Lipinski definition) is 1. The molecule has 0 radical (unpaired) electrons. The van der Waals surface area contributed by atoms with E-state index in [4.69, 9.17) is 0 Å². The fraction of sp³-hybridized carbons (Fsp3) is 0.310. The molecule has 34 heavy (non-hydrogen) atoms. The molecule has 1 N–H and O–H groups in total. The number of halogens is 1. The summed E-state index contributed by atoms with van der Waals surface area (Å²) < 4.78 is 0.952. The highest BCUT2D eigenvalue weighted by molar-refractivity contribution is 9.10. The van der Waals surface area contributed by atoms with E-state index in [9.17, 15) is 9.59 Å². The van der Waals surface area contributed by atoms with Crippen molar-refractivity contribution < 1.29 is 9.59 Å². The summed E-state index contributed by atoms with van der Waals surface area (Å²) in [6.45, 7) is 3.09. The molecular formula is C29H33BrN2O2. The van der Waals surface area contributed by atoms with Gasteiger partial charge in [-0.2, -0.15) is 0 Å². The van der Waals surface area contributed by atoms with Crippen LogP contribution in [0.4, 0.5) is 0 Å². The second kappa shape index (κ2) is 13.7. The van der Waals surface area contributed by atoms with Gasteiger partial charge < -0.3 is 10.2 Å². The third-order valence-corrected chi connectivity index (χ3v) is 6.31. The van der Waals surface area contributed by atoms with Gasteiger partial charge in [0.05, 0.1) is 0 Å². The van der Waals surface area contributed by atoms with Crippen LogP contribution in [0.2, 0.25) is 0 Å². The Hall–Kier alpha value is -2.92. The molecule has 0 aliphatic heterocycles. The number of aryl methyl sites for hydroxylation is 1. The summed E-state index contributed by atoms with van der Waals surface area (Å²) in [5.41, 5.74) is 3.14. The third kappa shape index (κ3) is 8.14. The van der Waals surface area contributed by atoms with E-state index in [1.54, 1.807) is 4.90 Å². The van der Waals surface area contributed by atoms with Crippen molar-refractivity contribution in [3.05, 3.63) is 106 Å². The normalized spacial score (nSPS) is 11.6. The lowest BCUT2D eigenvalue weighted by atomic mass is 10.0. The van der Waals surface area contributed by atoms with Gasteiger partial charge in [0.2, 0.25) is 11.8 Å². The van der Waals surface area contributed by atoms with Crippen molar-refractivity contribution in [1.82, 2.24) is 10.2 Å². The second-order valence-corrected chi connectivity index (χ2v) is 9.40. The lowest BCUT2D eigenvalue weighted by Crippen LogP contribution is -2.50. The molecule has 5 heteroatoms. The molecule has 3 rings (SSSR count). The summed E-state index contributed by atoms with van der Waals surface area (Å²) in [5.74, 6) is -0.115. The van der Waals surface area contributed by atoms with Crippen LogP contribution in [-0.4, -0.2) is 29.3 Å². The fourth-order valence-electron chi connectivity index (χ4n) is 3.93. The van der Waals surface area contributed by atoms with Gasteiger partial charge in [-0.3, -0.25) is 9.59 Å². The van der Waals surface area contributed by atoms with Gasteiger partial charge in [0.25, 0.3) is 0 Å². The van der Waals surface area contributed by atoms with Gasteiger partial charge in [0.15, 0.2) is 0 Å². The Kier molecular flexibility index (Phi) is 10.4. The predicted molar refractivity (Wildman–Crippen MR) is 141 cm³/mol. The third-order valence-electron chi connectivity index (χ3n) is 5.81. The first-order chi connectivity index (χ1) is 16.6. The van der Waals surface area contributed by atoms with Crippen LogP contribution in [0.1, 0.15) is 42.9 Å². The van der Waals surface area contributed by atoms with Crippen LogP contribution in [0, 0.1) is 0 Å². The van der Waals surface area contributed by atoms with Crippen molar-refractivity contribution in [2.45, 2.75) is 51.6 Å². The first-order valence-electron chi connectivity index (χ1n) is 12.0. The summed E-state index contributed by atoms with van der Waals surface area (Å²) in [4.78, 5) is 28.8. The van der Waals surface area contributed by atoms with Gasteiger partial charge in [-0.1, -0.05) is 102 Å². The second-order valence-electron chi connectivity index (χ2n) is 8.49. The lowest BCUT2D eigenvalue weighted by Gasteiger charge is -2.32. The van der Waals surface area contributed by atoms with Crippen molar-refractivity contribution in [2.75, 3.05) is 6.54 Å². The molecule has 2 amide bonds. The van der Waals surface area contributed by atoms with E-state index < -0.39 is 6.04 Å². The minimum atomic E-state index is -0.582. The molecule has 0 aliphatic carbocycles. The maximum absolute atomic E-state index is 13.6. The maximum atomic E-state index is 13.6. The molecule has 0 spiro atoms. The molecule has 3 aromatic rings. The van der Waals surface area contributed by atoms with Crippen LogP contribution >= 0.6 is 15.9 Å². The summed E-state index contributed by atoms with van der Waals surface area (Å²) in [6.07, 6.45) is 3.39. The maximum Gasteiger partial charge on any atom is 0.243 e. The first-order valence-corrected chi connectivity index (χ1v) is 12.8. The van der Waals surface area contributed by atoms with Crippen molar-refractivity contribution >= 4 is 27.7 Å². The molecule has 0 unspecified atom stereocenters. The molecule has 0 aromatic heterocycles. The van der Waals surface area contributed by atoms with Crippen molar-refractivity contribution in [3.8, 4) is 0 Å². The Balaban J connectivity index is 1.87. The van der Waals surface area contributed by atoms with Crippen molar-refractivity contribution in [3.63, 3.8) is 0 Å². The Morgan fingerprint density at radius 3 is 2.18 bits per heavy atom. The quantitative estimate of drug-likeness (QED) is 0.300. The zero-order chi connectivity index (χ0) is 24.2. The van der Waals surface area contributed by atoms with Crippen LogP contribution in [0.15, 0.2) is 89.4 Å². The molecule has 4 nitrogen and oxygen atoms in total. The highest BCUT2D eigenvalue weighted by Crippen LogP contribution is 2.19. The topological polar surface area (TPSA) is 49.4 Å². The van der Waals surface area contributed by atoms with Crippen molar-refractivity contribution in [1.29, 1.82) is 0 Å². The first kappa shape index (κ1) is 25.7. The molecule has 0 bridgehead atoms. The van der Waals surface area contributed by atoms with Gasteiger partial charge in [-0.15, -0.1) is 0 Å². The van der Waals surface area contributed by atoms with E-state index in [-0.39, 0.29) is 11.8 Å². The average Bonchev–Trinajstić information content (AvgIpc) is 2.86. The van der Waals surface area contributed by atoms with E-state index in [0.717, 1.165) is 34.0 Å². The summed E-state index contributed by atoms with van der Waals surface area (Å²) in [6, 6.07) is 27.3. The molecule has 0 aliphatic rings. The number of carbonyl (C=O) groups is 2. The number of carbonyl (C=O) groups excluding carboxylic acids is 2. The minimum Gasteiger partial charge on any atom is -0.354 e. The van der Waals surface area contributed by atoms with Gasteiger partial charge in [0, 0.05) is 30.4 Å². The summed E-state index contributed by atoms with van der Waals surface area (Å²) in [7, 11) is 0. The van der Waals surface area contributed by atoms with Crippen LogP contribution in [0.5, 0.6) is 0 Å². The van der Waals surface area contributed by atoms with Gasteiger partial charge in [-0.05, 0) is 41.7 Å². The molecule has 1 atom stereocenters. The Labute approximate surface area is 211 Å². The number of benzene rings is 3. The SMILES string of the molecule is CCCCNC(=O)[C@@H](Cc1ccccc1)N(Cc1cccc(Br)c1)C(=O)CCc1ccccc1. The number of unbranched alkanes of at least 4 members (excludes halogenated alkanes) is 1. The van der Waals surface area contributed by atoms with Gasteiger partial charge in [-0.25, -0.2) is 0 Å². The zero-order valence-electron chi connectivity index (χ0n) is 19.8. The van der Waals surface area contributed by atoms with E-state index >= 15 is 0 Å². The molecule has 178 valence electrons. The number of rotatable bonds is 12. The van der Waals surface area contributed by atoms with Crippen molar-refractivity contribution in [2.24, 2.45) is 0 Å². The standard InChI is InChI=1S/C29H33BrN2O2/c1-2-3-19-31-29(34)27(21-24-13-8-5-9-14-24)32(22-25-15-10-16-26(30)20-25)28(33)18-17-23-11-6-4-7-12-23/h4-16,20,27H,2-3,17-19,21-22H2,1H3,(H,31,34)/t27-/m1/s1. The Morgan fingerprint density at radius 1 is 0.882 bits per heavy atom. The van der Waals surface area contributed by atoms with Gasteiger partial charge >= 0.3 is 0 Å². The average molecular weight is 521 g/mol. The summed E-state index contributed by atoms with van der Waals surface area (Å²) in [5, 5.41) is 3.07. The smallest absolute Gasteiger partial charge is 0.243 e. The number of amides is 2. The molecule has 3 aromatic carbocycles. The molecule has 0 saturated heterocycles. The fourth-order valence-corrected chi connectivity index (χ4v) is 4.38. The Bertz CT molecular complexity index is 1040. The molecule has 0 fully saturated rings. The van der Waals surface area contributed by atoms with E-state index in [2.05, 4.69) is 28.2 Å². The number of nitrogens with one attached hydrogen (secondary N) is 1. The highest BCUT2D eigenvalue weighted by atomic mass is 79.9. The Morgan fingerprint density at radius 2 is 1.53 bits per heavy atom. The highest BCUT2D eigenvalue weighted by Gasteiger charge is 2.30. The van der Waals surface area contributed by atoms with E-state index in [1.807, 2.05) is 84.9 Å². The largest absolute Gasteiger partial charge is 0.354 e. The monoisotopic (exact) mass is 520 g/mol. The van der Waals surface area contributed by atoms with Crippen LogP contribution in [-0.2, 0) is 29.0 Å². The van der Waals surface area contributed by atoms with Crippen LogP contribution in [0.25, 0.3) is 0 Å². The van der Waals surface area contributed by atoms with E-state index in [0.29, 0.717) is 32.4 Å². The van der Waals surface area contributed by atoms with E-state index in [1.165, 1.54) is 0 Å². The van der Waals surface area contributed by atoms with Crippen LogP contribution in [0.3, 0.4) is 0 Å². The number of nitrogens with zero attached hydrogens (tertiary/aromatic N) is 1. The molecular weight excluding hydrogens is 488 g/mol. The van der Waals surface area contributed by atoms with Crippen LogP contribution < -0.4 is 5.32 Å². The lowest BCUT2D eigenvalue weighted by molar-refractivity contribution is -0.141.